The van der Waals surface area contributed by atoms with Crippen LogP contribution in [0.5, 0.6) is 5.75 Å². The normalized spacial score (nSPS) is 25.1. The third kappa shape index (κ3) is 2.90. The number of anilines is 1. The number of rotatable bonds is 2. The van der Waals surface area contributed by atoms with Gasteiger partial charge >= 0.3 is 6.18 Å². The summed E-state index contributed by atoms with van der Waals surface area (Å²) in [5.74, 6) is -1.38. The van der Waals surface area contributed by atoms with Crippen LogP contribution in [0.2, 0.25) is 0 Å². The van der Waals surface area contributed by atoms with Crippen LogP contribution < -0.4 is 15.6 Å². The van der Waals surface area contributed by atoms with Crippen molar-refractivity contribution in [1.29, 1.82) is 0 Å². The molecule has 1 aliphatic heterocycles. The lowest BCUT2D eigenvalue weighted by Gasteiger charge is -2.47. The van der Waals surface area contributed by atoms with E-state index >= 15 is 0 Å². The zero-order chi connectivity index (χ0) is 22.0. The summed E-state index contributed by atoms with van der Waals surface area (Å²) in [5, 5.41) is 14.5. The van der Waals surface area contributed by atoms with Crippen molar-refractivity contribution in [3.05, 3.63) is 69.9 Å². The predicted octanol–water partition coefficient (Wildman–Crippen LogP) is 4.38. The first kappa shape index (κ1) is 19.9. The fraction of sp³-hybridized carbons (Fsp3) is 0.318. The van der Waals surface area contributed by atoms with Crippen LogP contribution in [0.3, 0.4) is 0 Å². The number of alkyl halides is 3. The number of hydrogen-bond acceptors (Lipinski definition) is 4. The van der Waals surface area contributed by atoms with E-state index in [-0.39, 0.29) is 35.6 Å². The summed E-state index contributed by atoms with van der Waals surface area (Å²) in [5.41, 5.74) is -2.74. The van der Waals surface area contributed by atoms with Gasteiger partial charge in [0, 0.05) is 28.2 Å². The third-order valence-corrected chi connectivity index (χ3v) is 6.25. The van der Waals surface area contributed by atoms with E-state index in [0.717, 1.165) is 6.07 Å². The number of aromatic amines is 1. The lowest BCUT2D eigenvalue weighted by molar-refractivity contribution is -0.273. The molecule has 5 rings (SSSR count). The van der Waals surface area contributed by atoms with E-state index in [0.29, 0.717) is 16.3 Å². The molecule has 0 radical (unpaired) electrons. The minimum Gasteiger partial charge on any atom is -0.490 e. The van der Waals surface area contributed by atoms with E-state index in [9.17, 15) is 27.5 Å². The largest absolute Gasteiger partial charge is 0.490 e. The highest BCUT2D eigenvalue weighted by molar-refractivity contribution is 5.93. The van der Waals surface area contributed by atoms with Crippen molar-refractivity contribution in [1.82, 2.24) is 4.98 Å². The van der Waals surface area contributed by atoms with Gasteiger partial charge in [-0.2, -0.15) is 13.2 Å². The standard InChI is InChI=1S/C22H18F4N2O3/c23-15-5-4-14-17-11(7-9-31-18(15)17)10-21(30,22(24,25)26)19(14)28-16-3-1-2-13-12(16)6-8-27-20(13)29/h1-6,8,11,19,28,30H,7,9-10H2,(H,27,29). The molecule has 2 heterocycles. The Morgan fingerprint density at radius 3 is 2.74 bits per heavy atom. The van der Waals surface area contributed by atoms with Gasteiger partial charge in [0.1, 0.15) is 0 Å². The fourth-order valence-corrected chi connectivity index (χ4v) is 4.79. The second-order valence-corrected chi connectivity index (χ2v) is 7.99. The topological polar surface area (TPSA) is 74.4 Å². The van der Waals surface area contributed by atoms with Gasteiger partial charge in [-0.1, -0.05) is 12.1 Å². The summed E-state index contributed by atoms with van der Waals surface area (Å²) >= 11 is 0. The molecule has 0 amide bonds. The number of ether oxygens (including phenoxy) is 1. The Morgan fingerprint density at radius 1 is 1.16 bits per heavy atom. The molecule has 31 heavy (non-hydrogen) atoms. The highest BCUT2D eigenvalue weighted by Crippen LogP contribution is 2.56. The second kappa shape index (κ2) is 6.71. The molecule has 0 saturated carbocycles. The van der Waals surface area contributed by atoms with Crippen LogP contribution in [0.15, 0.2) is 47.4 Å². The number of aromatic nitrogens is 1. The van der Waals surface area contributed by atoms with Gasteiger partial charge in [0.25, 0.3) is 5.56 Å². The molecule has 1 aromatic heterocycles. The van der Waals surface area contributed by atoms with Crippen LogP contribution in [-0.2, 0) is 0 Å². The highest BCUT2D eigenvalue weighted by Gasteiger charge is 2.63. The summed E-state index contributed by atoms with van der Waals surface area (Å²) < 4.78 is 62.4. The summed E-state index contributed by atoms with van der Waals surface area (Å²) in [4.78, 5) is 14.6. The third-order valence-electron chi connectivity index (χ3n) is 6.25. The smallest absolute Gasteiger partial charge is 0.419 e. The summed E-state index contributed by atoms with van der Waals surface area (Å²) in [6.07, 6.45) is -3.92. The van der Waals surface area contributed by atoms with Gasteiger partial charge in [0.2, 0.25) is 0 Å². The minimum absolute atomic E-state index is 0.0564. The van der Waals surface area contributed by atoms with Gasteiger partial charge in [-0.25, -0.2) is 4.39 Å². The van der Waals surface area contributed by atoms with Crippen LogP contribution in [-0.4, -0.2) is 28.5 Å². The van der Waals surface area contributed by atoms with Crippen molar-refractivity contribution in [2.45, 2.75) is 36.6 Å². The molecule has 0 spiro atoms. The average Bonchev–Trinajstić information content (AvgIpc) is 2.72. The monoisotopic (exact) mass is 434 g/mol. The van der Waals surface area contributed by atoms with Crippen LogP contribution in [0, 0.1) is 5.82 Å². The molecule has 162 valence electrons. The number of hydrogen-bond donors (Lipinski definition) is 3. The number of pyridine rings is 1. The maximum atomic E-state index is 14.4. The van der Waals surface area contributed by atoms with Crippen LogP contribution in [0.25, 0.3) is 10.8 Å². The molecule has 0 fully saturated rings. The van der Waals surface area contributed by atoms with Gasteiger partial charge in [0.05, 0.1) is 12.6 Å². The van der Waals surface area contributed by atoms with Gasteiger partial charge in [0.15, 0.2) is 17.2 Å². The maximum Gasteiger partial charge on any atom is 0.419 e. The van der Waals surface area contributed by atoms with Gasteiger partial charge in [-0.05, 0) is 48.6 Å². The van der Waals surface area contributed by atoms with E-state index < -0.39 is 36.0 Å². The number of fused-ring (bicyclic) bond motifs is 1. The molecular weight excluding hydrogens is 416 g/mol. The molecule has 9 heteroatoms. The zero-order valence-corrected chi connectivity index (χ0v) is 16.1. The zero-order valence-electron chi connectivity index (χ0n) is 16.1. The van der Waals surface area contributed by atoms with E-state index in [1.807, 2.05) is 0 Å². The van der Waals surface area contributed by atoms with E-state index in [1.165, 1.54) is 18.3 Å². The van der Waals surface area contributed by atoms with Crippen molar-refractivity contribution in [2.24, 2.45) is 0 Å². The van der Waals surface area contributed by atoms with Gasteiger partial charge in [-0.3, -0.25) is 4.79 Å². The number of benzene rings is 2. The minimum atomic E-state index is -4.95. The Kier molecular flexibility index (Phi) is 4.30. The van der Waals surface area contributed by atoms with Crippen molar-refractivity contribution in [3.8, 4) is 5.75 Å². The van der Waals surface area contributed by atoms with Crippen LogP contribution in [0.1, 0.15) is 35.9 Å². The van der Waals surface area contributed by atoms with Crippen molar-refractivity contribution >= 4 is 16.5 Å². The Balaban J connectivity index is 1.72. The maximum absolute atomic E-state index is 14.4. The molecule has 3 unspecified atom stereocenters. The first-order valence-electron chi connectivity index (χ1n) is 9.82. The van der Waals surface area contributed by atoms with Crippen molar-refractivity contribution in [3.63, 3.8) is 0 Å². The second-order valence-electron chi connectivity index (χ2n) is 7.99. The molecule has 0 saturated heterocycles. The lowest BCUT2D eigenvalue weighted by Crippen LogP contribution is -2.56. The molecule has 2 aromatic carbocycles. The predicted molar refractivity (Wildman–Crippen MR) is 106 cm³/mol. The quantitative estimate of drug-likeness (QED) is 0.524. The molecule has 5 nitrogen and oxygen atoms in total. The summed E-state index contributed by atoms with van der Waals surface area (Å²) in [6, 6.07) is 6.91. The Hall–Kier alpha value is -3.07. The summed E-state index contributed by atoms with van der Waals surface area (Å²) in [6.45, 7) is 0.0795. The number of halogens is 4. The summed E-state index contributed by atoms with van der Waals surface area (Å²) in [7, 11) is 0. The van der Waals surface area contributed by atoms with E-state index in [1.54, 1.807) is 18.2 Å². The molecule has 0 bridgehead atoms. The van der Waals surface area contributed by atoms with E-state index in [2.05, 4.69) is 10.3 Å². The average molecular weight is 434 g/mol. The Morgan fingerprint density at radius 2 is 1.97 bits per heavy atom. The van der Waals surface area contributed by atoms with Crippen molar-refractivity contribution in [2.75, 3.05) is 11.9 Å². The van der Waals surface area contributed by atoms with Crippen LogP contribution in [0.4, 0.5) is 23.2 Å². The Bertz CT molecular complexity index is 1240. The molecule has 3 atom stereocenters. The molecule has 1 aliphatic carbocycles. The number of H-pyrrole nitrogens is 1. The molecule has 3 aromatic rings. The van der Waals surface area contributed by atoms with Crippen LogP contribution >= 0.6 is 0 Å². The highest BCUT2D eigenvalue weighted by atomic mass is 19.4. The molecule has 3 N–H and O–H groups in total. The van der Waals surface area contributed by atoms with Gasteiger partial charge in [-0.15, -0.1) is 0 Å². The SMILES string of the molecule is O=c1[nH]ccc2c(NC3c4ccc(F)c5c4C(CCO5)CC3(O)C(F)(F)F)cccc12. The fourth-order valence-electron chi connectivity index (χ4n) is 4.79. The first-order valence-corrected chi connectivity index (χ1v) is 9.82. The molecular formula is C22H18F4N2O3. The number of aliphatic hydroxyl groups is 1. The number of nitrogens with one attached hydrogen (secondary N) is 2. The Labute approximate surface area is 173 Å². The molecule has 2 aliphatic rings. The van der Waals surface area contributed by atoms with Crippen molar-refractivity contribution < 1.29 is 27.4 Å². The van der Waals surface area contributed by atoms with Gasteiger partial charge < -0.3 is 20.1 Å². The first-order chi connectivity index (χ1) is 14.7. The van der Waals surface area contributed by atoms with E-state index in [4.69, 9.17) is 4.74 Å². The lowest BCUT2D eigenvalue weighted by atomic mass is 9.68.